The smallest absolute Gasteiger partial charge is 0.417 e. The molecule has 0 unspecified atom stereocenters. The van der Waals surface area contributed by atoms with E-state index in [1.807, 2.05) is 5.32 Å². The Morgan fingerprint density at radius 2 is 1.15 bits per heavy atom. The van der Waals surface area contributed by atoms with Crippen molar-refractivity contribution < 1.29 is 55.0 Å². The van der Waals surface area contributed by atoms with E-state index in [0.717, 1.165) is 24.3 Å². The van der Waals surface area contributed by atoms with Gasteiger partial charge in [0.05, 0.1) is 34.4 Å². The Morgan fingerprint density at radius 3 is 1.48 bits per heavy atom. The lowest BCUT2D eigenvalue weighted by Gasteiger charge is -2.13. The van der Waals surface area contributed by atoms with E-state index in [-0.39, 0.29) is 29.6 Å². The topological polar surface area (TPSA) is 128 Å². The number of amides is 1. The van der Waals surface area contributed by atoms with Crippen molar-refractivity contribution in [3.63, 3.8) is 0 Å². The normalized spacial score (nSPS) is 10.6. The molecule has 18 heteroatoms. The number of nitrogen functional groups attached to an aromatic ring is 1. The summed E-state index contributed by atoms with van der Waals surface area (Å²) in [7, 11) is 0. The lowest BCUT2D eigenvalue weighted by atomic mass is 10.2. The van der Waals surface area contributed by atoms with Crippen molar-refractivity contribution in [1.82, 2.24) is 4.90 Å². The van der Waals surface area contributed by atoms with Crippen molar-refractivity contribution in [3.05, 3.63) is 57.6 Å². The second-order valence-corrected chi connectivity index (χ2v) is 9.38. The molecule has 46 heavy (non-hydrogen) atoms. The van der Waals surface area contributed by atoms with Crippen molar-refractivity contribution in [2.45, 2.75) is 47.0 Å². The molecule has 0 fully saturated rings. The number of carbonyl (C=O) groups excluding carboxylic acids is 4. The van der Waals surface area contributed by atoms with Gasteiger partial charge in [0.15, 0.2) is 0 Å². The highest BCUT2D eigenvalue weighted by Crippen LogP contribution is 2.36. The van der Waals surface area contributed by atoms with Crippen LogP contribution in [-0.2, 0) is 41.0 Å². The van der Waals surface area contributed by atoms with Crippen molar-refractivity contribution in [1.29, 1.82) is 0 Å². The monoisotopic (exact) mass is 727 g/mol. The summed E-state index contributed by atoms with van der Waals surface area (Å²) in [6.07, 6.45) is -9.09. The lowest BCUT2D eigenvalue weighted by molar-refractivity contribution is -0.152. The van der Waals surface area contributed by atoms with Crippen molar-refractivity contribution in [3.8, 4) is 0 Å². The fourth-order valence-electron chi connectivity index (χ4n) is 2.82. The maximum atomic E-state index is 12.6. The van der Waals surface area contributed by atoms with Gasteiger partial charge in [-0.1, -0.05) is 44.0 Å². The van der Waals surface area contributed by atoms with Crippen molar-refractivity contribution in [2.24, 2.45) is 0 Å². The van der Waals surface area contributed by atoms with Crippen LogP contribution >= 0.6 is 34.8 Å². The van der Waals surface area contributed by atoms with E-state index in [4.69, 9.17) is 40.5 Å². The van der Waals surface area contributed by atoms with Gasteiger partial charge >= 0.3 is 35.4 Å². The fraction of sp³-hybridized carbons (Fsp3) is 0.429. The maximum Gasteiger partial charge on any atom is 0.417 e. The van der Waals surface area contributed by atoms with Crippen LogP contribution in [0.5, 0.6) is 0 Å². The average molecular weight is 729 g/mol. The predicted octanol–water partition coefficient (Wildman–Crippen LogP) is 7.46. The minimum atomic E-state index is -4.65. The number of anilines is 2. The Hall–Kier alpha value is -3.27. The number of nitrogens with one attached hydrogen (secondary N) is 1. The molecule has 260 valence electrons. The predicted molar refractivity (Wildman–Crippen MR) is 164 cm³/mol. The van der Waals surface area contributed by atoms with Gasteiger partial charge < -0.3 is 25.4 Å². The van der Waals surface area contributed by atoms with E-state index in [1.54, 1.807) is 6.92 Å². The molecule has 3 N–H and O–H groups in total. The van der Waals surface area contributed by atoms with Crippen LogP contribution in [0.1, 0.15) is 45.7 Å². The molecule has 0 saturated heterocycles. The molecule has 0 bridgehead atoms. The average Bonchev–Trinajstić information content (AvgIpc) is 2.96. The van der Waals surface area contributed by atoms with Gasteiger partial charge in [-0.2, -0.15) is 26.3 Å². The van der Waals surface area contributed by atoms with Crippen LogP contribution < -0.4 is 11.1 Å². The van der Waals surface area contributed by atoms with E-state index in [0.29, 0.717) is 6.07 Å². The summed E-state index contributed by atoms with van der Waals surface area (Å²) in [5.74, 6) is -3.32. The first-order valence-electron chi connectivity index (χ1n) is 13.3. The summed E-state index contributed by atoms with van der Waals surface area (Å²) < 4.78 is 82.5. The van der Waals surface area contributed by atoms with Crippen LogP contribution in [0.25, 0.3) is 0 Å². The first kappa shape index (κ1) is 44.9. The summed E-state index contributed by atoms with van der Waals surface area (Å²) in [6.45, 7) is 13.4. The van der Waals surface area contributed by atoms with E-state index in [1.165, 1.54) is 32.6 Å². The second-order valence-electron chi connectivity index (χ2n) is 8.22. The highest BCUT2D eigenvalue weighted by Gasteiger charge is 2.34. The molecule has 0 aliphatic heterocycles. The molecular weight excluding hydrogens is 695 g/mol. The number of carbonyl (C=O) groups is 4. The molecular formula is C28H34Cl3F6N3O6. The van der Waals surface area contributed by atoms with E-state index >= 15 is 0 Å². The molecule has 2 rings (SSSR count). The van der Waals surface area contributed by atoms with Gasteiger partial charge in [-0.3, -0.25) is 9.59 Å². The molecule has 0 radical (unpaired) electrons. The molecule has 0 atom stereocenters. The Bertz CT molecular complexity index is 1270. The van der Waals surface area contributed by atoms with Crippen LogP contribution in [0, 0.1) is 0 Å². The van der Waals surface area contributed by atoms with Gasteiger partial charge in [-0.15, -0.1) is 0 Å². The number of halogens is 9. The Labute approximate surface area is 277 Å². The zero-order valence-electron chi connectivity index (χ0n) is 25.4. The van der Waals surface area contributed by atoms with E-state index in [2.05, 4.69) is 35.1 Å². The Morgan fingerprint density at radius 1 is 0.739 bits per heavy atom. The van der Waals surface area contributed by atoms with E-state index in [9.17, 15) is 45.5 Å². The van der Waals surface area contributed by atoms with Crippen LogP contribution in [0.2, 0.25) is 10.0 Å². The summed E-state index contributed by atoms with van der Waals surface area (Å²) in [6, 6.07) is 6.01. The minimum absolute atomic E-state index is 0.0132. The number of rotatable bonds is 7. The molecule has 1 amide bonds. The largest absolute Gasteiger partial charge is 0.459 e. The summed E-state index contributed by atoms with van der Waals surface area (Å²) in [4.78, 5) is 44.5. The highest BCUT2D eigenvalue weighted by atomic mass is 35.5. The number of ether oxygens (including phenoxy) is 2. The molecule has 0 aliphatic rings. The van der Waals surface area contributed by atoms with E-state index < -0.39 is 51.6 Å². The third kappa shape index (κ3) is 18.6. The molecule has 9 nitrogen and oxygen atoms in total. The van der Waals surface area contributed by atoms with Gasteiger partial charge in [0.2, 0.25) is 0 Å². The van der Waals surface area contributed by atoms with Crippen LogP contribution in [0.4, 0.5) is 37.7 Å². The Kier molecular flexibility index (Phi) is 21.7. The first-order valence-corrected chi connectivity index (χ1v) is 14.4. The van der Waals surface area contributed by atoms with Gasteiger partial charge in [0.25, 0.3) is 0 Å². The summed E-state index contributed by atoms with van der Waals surface area (Å²) in [5, 5.41) is 0.0822. The summed E-state index contributed by atoms with van der Waals surface area (Å²) in [5.41, 5.74) is 3.01. The highest BCUT2D eigenvalue weighted by molar-refractivity contribution is 6.80. The van der Waals surface area contributed by atoms with Gasteiger partial charge in [0.1, 0.15) is 0 Å². The molecule has 0 saturated carbocycles. The SMILES string of the molecule is CCN(CC)CC.CCOC(=O)C(=O)Cl.CCOC(=O)C(=O)Nc1ccc(Cl)c(C(F)(F)F)c1.Nc1ccc(Cl)c(C(F)(F)F)c1. The third-order valence-electron chi connectivity index (χ3n) is 5.06. The zero-order chi connectivity index (χ0) is 36.3. The molecule has 0 aliphatic carbocycles. The van der Waals surface area contributed by atoms with Crippen LogP contribution in [-0.4, -0.2) is 60.8 Å². The van der Waals surface area contributed by atoms with Crippen LogP contribution in [0.3, 0.4) is 0 Å². The molecule has 2 aromatic rings. The minimum Gasteiger partial charge on any atom is -0.459 e. The van der Waals surface area contributed by atoms with Crippen LogP contribution in [0.15, 0.2) is 36.4 Å². The maximum absolute atomic E-state index is 12.6. The number of esters is 2. The molecule has 2 aromatic carbocycles. The zero-order valence-corrected chi connectivity index (χ0v) is 27.6. The van der Waals surface area contributed by atoms with Crippen molar-refractivity contribution in [2.75, 3.05) is 43.9 Å². The lowest BCUT2D eigenvalue weighted by Crippen LogP contribution is -2.25. The molecule has 0 heterocycles. The standard InChI is InChI=1S/C11H9ClF3NO3.C7H5ClF3N.C6H15N.C4H5ClO3/c1-2-19-10(18)9(17)16-6-3-4-8(12)7(5-6)11(13,14)15;8-6-2-1-4(12)3-5(6)7(9,10)11;1-4-7(5-2)6-3;1-2-8-4(7)3(5)6/h3-5H,2H2,1H3,(H,16,17);1-3H,12H2;4-6H2,1-3H3;2H2,1H3. The van der Waals surface area contributed by atoms with Gasteiger partial charge in [-0.05, 0) is 81.5 Å². The number of hydrogen-bond acceptors (Lipinski definition) is 8. The molecule has 0 spiro atoms. The number of nitrogens with zero attached hydrogens (tertiary/aromatic N) is 1. The number of nitrogens with two attached hydrogens (primary N) is 1. The van der Waals surface area contributed by atoms with Crippen molar-refractivity contribution >= 4 is 69.3 Å². The van der Waals surface area contributed by atoms with Gasteiger partial charge in [-0.25, -0.2) is 9.59 Å². The second kappa shape index (κ2) is 22.3. The number of benzene rings is 2. The fourth-order valence-corrected chi connectivity index (χ4v) is 3.32. The molecule has 0 aromatic heterocycles. The quantitative estimate of drug-likeness (QED) is 0.0989. The summed E-state index contributed by atoms with van der Waals surface area (Å²) >= 11 is 15.4. The van der Waals surface area contributed by atoms with Gasteiger partial charge in [0, 0.05) is 11.4 Å². The third-order valence-corrected chi connectivity index (χ3v) is 5.88. The number of alkyl halides is 6. The Balaban J connectivity index is 0. The first-order chi connectivity index (χ1) is 21.2. The number of hydrogen-bond donors (Lipinski definition) is 2.